The predicted molar refractivity (Wildman–Crippen MR) is 237 cm³/mol. The minimum absolute atomic E-state index is 0.165. The number of carbonyl (C=O) groups is 1. The Bertz CT molecular complexity index is 1520. The molecule has 5 aliphatic rings. The highest BCUT2D eigenvalue weighted by molar-refractivity contribution is 5.66. The molecule has 70 heavy (non-hydrogen) atoms. The van der Waals surface area contributed by atoms with E-state index in [0.717, 1.165) is 57.8 Å². The molecule has 5 heterocycles. The van der Waals surface area contributed by atoms with Crippen LogP contribution in [0, 0.1) is 0 Å². The van der Waals surface area contributed by atoms with Gasteiger partial charge in [0.2, 0.25) is 0 Å². The maximum atomic E-state index is 11.9. The molecule has 5 fully saturated rings. The van der Waals surface area contributed by atoms with E-state index in [2.05, 4.69) is 6.92 Å². The van der Waals surface area contributed by atoms with E-state index >= 15 is 0 Å². The van der Waals surface area contributed by atoms with E-state index in [1.807, 2.05) is 0 Å². The van der Waals surface area contributed by atoms with Crippen LogP contribution in [0.25, 0.3) is 0 Å². The Morgan fingerprint density at radius 2 is 0.843 bits per heavy atom. The zero-order valence-corrected chi connectivity index (χ0v) is 40.7. The van der Waals surface area contributed by atoms with Crippen LogP contribution in [0.1, 0.15) is 118 Å². The van der Waals surface area contributed by atoms with Gasteiger partial charge < -0.3 is 114 Å². The van der Waals surface area contributed by atoms with E-state index in [-0.39, 0.29) is 12.5 Å². The molecule has 5 rings (SSSR count). The SMILES string of the molecule is CCCCC[C@H](CCCCCCCCCC(=O)O)O[C@@H]1O[C@H](C)[C@@H](O)[C@H](O)[C@H]1O[C@@H]1O[C@H](C)[C@@H](O[C@H]2O[C@@H](C)[C@H](O[C@H]3O[C@@H](C)[C@H](O)[C@@H](O)[C@@H]3O)[C@@H](O[C@H]3O[C@@H](CO)[C@H](O)[C@@H](O)[C@@H]3O)[C@@H]2O)[C@H](O)[C@H]1O. The van der Waals surface area contributed by atoms with Gasteiger partial charge in [-0.15, -0.1) is 0 Å². The lowest BCUT2D eigenvalue weighted by molar-refractivity contribution is -0.400. The third kappa shape index (κ3) is 15.1. The Hall–Kier alpha value is -1.41. The Kier molecular flexibility index (Phi) is 23.7. The molecule has 24 heteroatoms. The van der Waals surface area contributed by atoms with Gasteiger partial charge in [0, 0.05) is 6.42 Å². The van der Waals surface area contributed by atoms with E-state index in [4.69, 9.17) is 52.5 Å². The number of rotatable bonds is 25. The van der Waals surface area contributed by atoms with Crippen molar-refractivity contribution in [3.05, 3.63) is 0 Å². The molecule has 0 unspecified atom stereocenters. The molecule has 24 nitrogen and oxygen atoms in total. The van der Waals surface area contributed by atoms with Crippen LogP contribution >= 0.6 is 0 Å². The van der Waals surface area contributed by atoms with Crippen LogP contribution in [0.4, 0.5) is 0 Å². The van der Waals surface area contributed by atoms with Crippen LogP contribution in [-0.4, -0.2) is 239 Å². The molecule has 0 aromatic carbocycles. The highest BCUT2D eigenvalue weighted by Gasteiger charge is 2.56. The normalized spacial score (nSPS) is 45.4. The minimum Gasteiger partial charge on any atom is -0.481 e. The van der Waals surface area contributed by atoms with Crippen LogP contribution in [0.2, 0.25) is 0 Å². The van der Waals surface area contributed by atoms with E-state index < -0.39 is 166 Å². The van der Waals surface area contributed by atoms with Crippen molar-refractivity contribution >= 4 is 5.97 Å². The maximum absolute atomic E-state index is 11.9. The Morgan fingerprint density at radius 1 is 0.429 bits per heavy atom. The molecular formula is C46H82O24. The van der Waals surface area contributed by atoms with Crippen LogP contribution in [-0.2, 0) is 52.2 Å². The lowest BCUT2D eigenvalue weighted by atomic mass is 9.95. The summed E-state index contributed by atoms with van der Waals surface area (Å²) < 4.78 is 60.0. The fraction of sp³-hybridized carbons (Fsp3) is 0.978. The summed E-state index contributed by atoms with van der Waals surface area (Å²) in [5, 5.41) is 139. The van der Waals surface area contributed by atoms with Gasteiger partial charge in [-0.1, -0.05) is 64.7 Å². The average Bonchev–Trinajstić information content (AvgIpc) is 3.32. The largest absolute Gasteiger partial charge is 0.481 e. The summed E-state index contributed by atoms with van der Waals surface area (Å²) in [6.45, 7) is 7.15. The van der Waals surface area contributed by atoms with Crippen molar-refractivity contribution in [3.8, 4) is 0 Å². The zero-order chi connectivity index (χ0) is 51.6. The summed E-state index contributed by atoms with van der Waals surface area (Å²) in [5.74, 6) is -0.794. The van der Waals surface area contributed by atoms with Gasteiger partial charge in [-0.05, 0) is 47.0 Å². The minimum atomic E-state index is -1.95. The third-order valence-corrected chi connectivity index (χ3v) is 14.0. The number of hydrogen-bond acceptors (Lipinski definition) is 23. The molecule has 0 radical (unpaired) electrons. The molecule has 13 N–H and O–H groups in total. The zero-order valence-electron chi connectivity index (χ0n) is 40.7. The van der Waals surface area contributed by atoms with Crippen molar-refractivity contribution in [3.63, 3.8) is 0 Å². The Labute approximate surface area is 408 Å². The van der Waals surface area contributed by atoms with Gasteiger partial charge in [0.15, 0.2) is 31.5 Å². The molecule has 0 bridgehead atoms. The number of unbranched alkanes of at least 4 members (excludes halogenated alkanes) is 8. The molecule has 26 atom stereocenters. The summed E-state index contributed by atoms with van der Waals surface area (Å²) in [5.41, 5.74) is 0. The van der Waals surface area contributed by atoms with Crippen molar-refractivity contribution in [1.29, 1.82) is 0 Å². The molecule has 0 aromatic rings. The Balaban J connectivity index is 1.27. The van der Waals surface area contributed by atoms with Gasteiger partial charge >= 0.3 is 5.97 Å². The summed E-state index contributed by atoms with van der Waals surface area (Å²) in [4.78, 5) is 10.8. The molecular weight excluding hydrogens is 936 g/mol. The lowest BCUT2D eigenvalue weighted by Gasteiger charge is -2.50. The second-order valence-corrected chi connectivity index (χ2v) is 19.5. The summed E-state index contributed by atoms with van der Waals surface area (Å²) in [6, 6.07) is 0. The number of ether oxygens (including phenoxy) is 10. The van der Waals surface area contributed by atoms with E-state index in [0.29, 0.717) is 19.3 Å². The topological polar surface area (TPSA) is 372 Å². The second-order valence-electron chi connectivity index (χ2n) is 19.5. The molecule has 0 aliphatic carbocycles. The van der Waals surface area contributed by atoms with Crippen LogP contribution in [0.5, 0.6) is 0 Å². The van der Waals surface area contributed by atoms with Gasteiger partial charge in [-0.3, -0.25) is 4.79 Å². The first-order chi connectivity index (χ1) is 33.2. The fourth-order valence-corrected chi connectivity index (χ4v) is 9.56. The summed E-state index contributed by atoms with van der Waals surface area (Å²) in [7, 11) is 0. The van der Waals surface area contributed by atoms with Crippen molar-refractivity contribution in [1.82, 2.24) is 0 Å². The molecule has 5 aliphatic heterocycles. The van der Waals surface area contributed by atoms with E-state index in [1.54, 1.807) is 6.92 Å². The first-order valence-electron chi connectivity index (χ1n) is 25.1. The quantitative estimate of drug-likeness (QED) is 0.0430. The van der Waals surface area contributed by atoms with Crippen LogP contribution in [0.3, 0.4) is 0 Å². The fourth-order valence-electron chi connectivity index (χ4n) is 9.56. The van der Waals surface area contributed by atoms with Gasteiger partial charge in [0.25, 0.3) is 0 Å². The number of aliphatic carboxylic acids is 1. The smallest absolute Gasteiger partial charge is 0.303 e. The van der Waals surface area contributed by atoms with E-state index in [1.165, 1.54) is 20.8 Å². The van der Waals surface area contributed by atoms with Crippen LogP contribution < -0.4 is 0 Å². The van der Waals surface area contributed by atoms with Crippen molar-refractivity contribution in [2.24, 2.45) is 0 Å². The molecule has 410 valence electrons. The second kappa shape index (κ2) is 27.9. The maximum Gasteiger partial charge on any atom is 0.303 e. The highest BCUT2D eigenvalue weighted by atomic mass is 16.8. The molecule has 0 saturated carbocycles. The number of carboxylic acid groups (broad SMARTS) is 1. The van der Waals surface area contributed by atoms with E-state index in [9.17, 15) is 66.1 Å². The monoisotopic (exact) mass is 1020 g/mol. The third-order valence-electron chi connectivity index (χ3n) is 14.0. The number of aliphatic hydroxyl groups is 12. The number of aliphatic hydroxyl groups excluding tert-OH is 12. The lowest BCUT2D eigenvalue weighted by Crippen LogP contribution is -2.67. The molecule has 5 saturated heterocycles. The number of carboxylic acids is 1. The van der Waals surface area contributed by atoms with Crippen molar-refractivity contribution in [2.75, 3.05) is 6.61 Å². The van der Waals surface area contributed by atoms with Crippen molar-refractivity contribution < 1.29 is 119 Å². The molecule has 0 amide bonds. The summed E-state index contributed by atoms with van der Waals surface area (Å²) in [6.07, 6.45) is -29.0. The van der Waals surface area contributed by atoms with Crippen molar-refractivity contribution in [2.45, 2.75) is 278 Å². The van der Waals surface area contributed by atoms with Gasteiger partial charge in [0.1, 0.15) is 97.7 Å². The standard InChI is InChI=1S/C46H82O24/c1-6-7-13-16-24(17-14-11-9-8-10-12-15-18-26(48)49)65-46-41(32(55)28(51)21(3)62-46)70-43-36(59)33(56)38(22(4)63-43)67-45-37(60)40(69-44-35(58)31(54)29(52)25(19-47)66-44)39(23(5)64-45)68-42-34(57)30(53)27(50)20(2)61-42/h20-25,27-47,50-60H,6-19H2,1-5H3,(H,48,49)/t20-,21+,22+,23-,24+,25-,27-,28+,29-,30+,31+,32-,33+,34-,35-,36+,37-,38+,39-,40-,41+,42+,43-,44+,45+,46-/m0/s1. The van der Waals surface area contributed by atoms with Gasteiger partial charge in [0.05, 0.1) is 37.1 Å². The summed E-state index contributed by atoms with van der Waals surface area (Å²) >= 11 is 0. The first-order valence-corrected chi connectivity index (χ1v) is 25.1. The molecule has 0 aromatic heterocycles. The van der Waals surface area contributed by atoms with Crippen LogP contribution in [0.15, 0.2) is 0 Å². The van der Waals surface area contributed by atoms with Gasteiger partial charge in [-0.25, -0.2) is 0 Å². The highest BCUT2D eigenvalue weighted by Crippen LogP contribution is 2.37. The first kappa shape index (κ1) is 59.5. The predicted octanol–water partition coefficient (Wildman–Crippen LogP) is -2.25. The molecule has 0 spiro atoms. The average molecular weight is 1020 g/mol. The number of hydrogen-bond donors (Lipinski definition) is 13. The van der Waals surface area contributed by atoms with Gasteiger partial charge in [-0.2, -0.15) is 0 Å². The Morgan fingerprint density at radius 3 is 1.43 bits per heavy atom.